The molecule has 2 heterocycles. The highest BCUT2D eigenvalue weighted by molar-refractivity contribution is 7.86. The van der Waals surface area contributed by atoms with Gasteiger partial charge in [0.25, 0.3) is 20.2 Å². The van der Waals surface area contributed by atoms with Gasteiger partial charge < -0.3 is 5.73 Å². The molecule has 0 aliphatic rings. The fraction of sp³-hybridized carbons (Fsp3) is 0.0476. The second-order valence-corrected chi connectivity index (χ2v) is 11.5. The van der Waals surface area contributed by atoms with Gasteiger partial charge in [-0.15, -0.1) is 10.2 Å². The number of hydrogen-bond donors (Lipinski definition) is 3. The van der Waals surface area contributed by atoms with Crippen LogP contribution in [0.5, 0.6) is 0 Å². The van der Waals surface area contributed by atoms with Gasteiger partial charge in [0.05, 0.1) is 26.5 Å². The van der Waals surface area contributed by atoms with Crippen molar-refractivity contribution in [3.05, 3.63) is 60.3 Å². The summed E-state index contributed by atoms with van der Waals surface area (Å²) in [6.07, 6.45) is 0. The summed E-state index contributed by atoms with van der Waals surface area (Å²) in [5.41, 5.74) is 7.82. The second kappa shape index (κ2) is 8.42. The van der Waals surface area contributed by atoms with E-state index in [1.807, 2.05) is 0 Å². The third-order valence-corrected chi connectivity index (χ3v) is 7.99. The third-order valence-electron chi connectivity index (χ3n) is 5.31. The molecule has 0 atom stereocenters. The molecule has 0 saturated heterocycles. The summed E-state index contributed by atoms with van der Waals surface area (Å²) in [5, 5.41) is 13.8. The lowest BCUT2D eigenvalue weighted by Crippen LogP contribution is -2.05. The Kier molecular flexibility index (Phi) is 5.60. The molecular formula is C21H16N6O6S3. The van der Waals surface area contributed by atoms with E-state index in [2.05, 4.69) is 20.3 Å². The Bertz CT molecular complexity index is 1930. The minimum atomic E-state index is -4.45. The molecule has 15 heteroatoms. The quantitative estimate of drug-likeness (QED) is 0.212. The molecule has 0 saturated carbocycles. The predicted octanol–water partition coefficient (Wildman–Crippen LogP) is 4.43. The fourth-order valence-corrected chi connectivity index (χ4v) is 5.66. The van der Waals surface area contributed by atoms with Crippen molar-refractivity contribution in [1.29, 1.82) is 0 Å². The number of fused-ring (bicyclic) bond motifs is 2. The highest BCUT2D eigenvalue weighted by Gasteiger charge is 2.20. The molecule has 0 radical (unpaired) electrons. The summed E-state index contributed by atoms with van der Waals surface area (Å²) in [7, 11) is -8.82. The zero-order valence-electron chi connectivity index (χ0n) is 18.3. The van der Waals surface area contributed by atoms with E-state index in [9.17, 15) is 25.9 Å². The van der Waals surface area contributed by atoms with Gasteiger partial charge in [-0.25, -0.2) is 9.67 Å². The van der Waals surface area contributed by atoms with Crippen LogP contribution in [0.1, 0.15) is 5.69 Å². The molecule has 5 rings (SSSR count). The summed E-state index contributed by atoms with van der Waals surface area (Å²) in [6, 6.07) is 13.4. The normalized spacial score (nSPS) is 12.8. The third kappa shape index (κ3) is 4.22. The zero-order chi connectivity index (χ0) is 25.8. The number of nitrogens with zero attached hydrogens (tertiary/aromatic N) is 5. The van der Waals surface area contributed by atoms with Crippen LogP contribution in [0.4, 0.5) is 16.6 Å². The van der Waals surface area contributed by atoms with Crippen molar-refractivity contribution < 1.29 is 25.9 Å². The van der Waals surface area contributed by atoms with Crippen LogP contribution in [0.3, 0.4) is 0 Å². The van der Waals surface area contributed by atoms with Gasteiger partial charge >= 0.3 is 0 Å². The van der Waals surface area contributed by atoms with Crippen LogP contribution >= 0.6 is 11.3 Å². The van der Waals surface area contributed by atoms with Gasteiger partial charge in [0.15, 0.2) is 11.5 Å². The molecule has 0 amide bonds. The molecule has 0 aliphatic carbocycles. The largest absolute Gasteiger partial charge is 0.382 e. The maximum absolute atomic E-state index is 11.8. The molecule has 4 N–H and O–H groups in total. The van der Waals surface area contributed by atoms with E-state index in [0.29, 0.717) is 32.4 Å². The molecule has 12 nitrogen and oxygen atoms in total. The van der Waals surface area contributed by atoms with E-state index in [1.54, 1.807) is 31.2 Å². The molecular weight excluding hydrogens is 528 g/mol. The molecule has 2 aromatic heterocycles. The fourth-order valence-electron chi connectivity index (χ4n) is 3.70. The molecule has 0 bridgehead atoms. The molecule has 5 aromatic rings. The van der Waals surface area contributed by atoms with Gasteiger partial charge in [-0.2, -0.15) is 21.9 Å². The van der Waals surface area contributed by atoms with E-state index in [-0.39, 0.29) is 26.4 Å². The maximum Gasteiger partial charge on any atom is 0.295 e. The zero-order valence-corrected chi connectivity index (χ0v) is 20.7. The molecule has 0 spiro atoms. The maximum atomic E-state index is 11.8. The van der Waals surface area contributed by atoms with Gasteiger partial charge in [0.1, 0.15) is 4.90 Å². The number of thiazole rings is 1. The van der Waals surface area contributed by atoms with Gasteiger partial charge in [0.2, 0.25) is 5.13 Å². The van der Waals surface area contributed by atoms with Crippen LogP contribution in [-0.2, 0) is 20.2 Å². The van der Waals surface area contributed by atoms with E-state index in [0.717, 1.165) is 11.3 Å². The standard InChI is InChI=1S/C21H16N6O6S3/c1-11-19(24-25-21-23-15-10-12(35(28,29)30)6-8-17(15)34-21)20(22)27(26-11)16-7-9-18(36(31,32)33)14-5-3-2-4-13(14)16/h2-10H,22H2,1H3,(H,28,29,30)(H,31,32,33)/b25-24+. The van der Waals surface area contributed by atoms with Crippen LogP contribution in [0.2, 0.25) is 0 Å². The average molecular weight is 545 g/mol. The second-order valence-electron chi connectivity index (χ2n) is 7.64. The highest BCUT2D eigenvalue weighted by atomic mass is 32.2. The van der Waals surface area contributed by atoms with Crippen molar-refractivity contribution in [2.75, 3.05) is 5.73 Å². The van der Waals surface area contributed by atoms with Crippen LogP contribution in [0.15, 0.2) is 74.6 Å². The summed E-state index contributed by atoms with van der Waals surface area (Å²) < 4.78 is 67.2. The molecule has 0 fully saturated rings. The first kappa shape index (κ1) is 24.0. The Morgan fingerprint density at radius 1 is 0.944 bits per heavy atom. The Morgan fingerprint density at radius 3 is 2.36 bits per heavy atom. The predicted molar refractivity (Wildman–Crippen MR) is 134 cm³/mol. The number of benzene rings is 3. The van der Waals surface area contributed by atoms with Crippen molar-refractivity contribution in [3.8, 4) is 5.69 Å². The van der Waals surface area contributed by atoms with Crippen molar-refractivity contribution in [3.63, 3.8) is 0 Å². The Morgan fingerprint density at radius 2 is 1.67 bits per heavy atom. The van der Waals surface area contributed by atoms with Gasteiger partial charge in [-0.1, -0.05) is 35.6 Å². The lowest BCUT2D eigenvalue weighted by molar-refractivity contribution is 0.481. The minimum Gasteiger partial charge on any atom is -0.382 e. The van der Waals surface area contributed by atoms with E-state index >= 15 is 0 Å². The van der Waals surface area contributed by atoms with Crippen molar-refractivity contribution in [2.45, 2.75) is 16.7 Å². The number of aromatic nitrogens is 3. The van der Waals surface area contributed by atoms with Crippen molar-refractivity contribution in [1.82, 2.24) is 14.8 Å². The summed E-state index contributed by atoms with van der Waals surface area (Å²) in [6.45, 7) is 1.67. The summed E-state index contributed by atoms with van der Waals surface area (Å²) in [5.74, 6) is 0.135. The highest BCUT2D eigenvalue weighted by Crippen LogP contribution is 2.36. The lowest BCUT2D eigenvalue weighted by Gasteiger charge is -2.11. The first-order chi connectivity index (χ1) is 16.9. The first-order valence-corrected chi connectivity index (χ1v) is 13.8. The van der Waals surface area contributed by atoms with Crippen LogP contribution in [-0.4, -0.2) is 40.7 Å². The number of rotatable bonds is 5. The SMILES string of the molecule is Cc1nn(-c2ccc(S(=O)(=O)O)c3ccccc23)c(N)c1/N=N/c1nc2cc(S(=O)(=O)O)ccc2s1. The monoisotopic (exact) mass is 544 g/mol. The first-order valence-electron chi connectivity index (χ1n) is 10.1. The summed E-state index contributed by atoms with van der Waals surface area (Å²) in [4.78, 5) is 3.71. The Balaban J connectivity index is 1.56. The molecule has 0 unspecified atom stereocenters. The van der Waals surface area contributed by atoms with Crippen LogP contribution in [0, 0.1) is 6.92 Å². The van der Waals surface area contributed by atoms with Gasteiger partial charge in [-0.3, -0.25) is 9.11 Å². The molecule has 36 heavy (non-hydrogen) atoms. The number of anilines is 1. The van der Waals surface area contributed by atoms with Gasteiger partial charge in [-0.05, 0) is 37.3 Å². The average Bonchev–Trinajstić information content (AvgIpc) is 3.34. The Hall–Kier alpha value is -3.76. The van der Waals surface area contributed by atoms with E-state index in [4.69, 9.17) is 5.73 Å². The van der Waals surface area contributed by atoms with Crippen molar-refractivity contribution in [2.24, 2.45) is 10.2 Å². The van der Waals surface area contributed by atoms with E-state index in [1.165, 1.54) is 35.0 Å². The van der Waals surface area contributed by atoms with E-state index < -0.39 is 20.2 Å². The summed E-state index contributed by atoms with van der Waals surface area (Å²) >= 11 is 1.16. The molecule has 3 aromatic carbocycles. The number of aryl methyl sites for hydroxylation is 1. The lowest BCUT2D eigenvalue weighted by atomic mass is 10.1. The smallest absolute Gasteiger partial charge is 0.295 e. The van der Waals surface area contributed by atoms with Crippen LogP contribution < -0.4 is 5.73 Å². The van der Waals surface area contributed by atoms with Crippen molar-refractivity contribution >= 4 is 69.2 Å². The number of azo groups is 1. The van der Waals surface area contributed by atoms with Gasteiger partial charge in [0, 0.05) is 10.8 Å². The number of nitrogens with two attached hydrogens (primary N) is 1. The Labute approximate surface area is 208 Å². The molecule has 0 aliphatic heterocycles. The van der Waals surface area contributed by atoms with Crippen LogP contribution in [0.25, 0.3) is 26.7 Å². The molecule has 184 valence electrons. The number of nitrogen functional groups attached to an aromatic ring is 1. The topological polar surface area (TPSA) is 190 Å². The number of hydrogen-bond acceptors (Lipinski definition) is 10. The minimum absolute atomic E-state index is 0.135.